The van der Waals surface area contributed by atoms with Crippen LogP contribution in [0, 0.1) is 0 Å². The first-order valence-corrected chi connectivity index (χ1v) is 4.35. The molecule has 2 aliphatic rings. The van der Waals surface area contributed by atoms with Gasteiger partial charge >= 0.3 is 0 Å². The van der Waals surface area contributed by atoms with E-state index in [-0.39, 0.29) is 0 Å². The van der Waals surface area contributed by atoms with E-state index in [9.17, 15) is 0 Å². The van der Waals surface area contributed by atoms with Crippen LogP contribution in [-0.4, -0.2) is 24.5 Å². The Bertz CT molecular complexity index is 139. The van der Waals surface area contributed by atoms with Crippen molar-refractivity contribution in [2.24, 2.45) is 0 Å². The molecule has 0 spiro atoms. The van der Waals surface area contributed by atoms with Crippen LogP contribution in [0.3, 0.4) is 0 Å². The number of rotatable bonds is 2. The van der Waals surface area contributed by atoms with Crippen LogP contribution in [0.4, 0.5) is 0 Å². The van der Waals surface area contributed by atoms with Crippen LogP contribution in [-0.2, 0) is 0 Å². The first kappa shape index (κ1) is 6.41. The van der Waals surface area contributed by atoms with E-state index < -0.39 is 0 Å². The molecule has 0 atom stereocenters. The molecule has 0 aromatic carbocycles. The van der Waals surface area contributed by atoms with Crippen molar-refractivity contribution in [3.05, 3.63) is 11.6 Å². The zero-order valence-corrected chi connectivity index (χ0v) is 6.47. The minimum absolute atomic E-state index is 1.23. The molecule has 0 aromatic heterocycles. The normalized spacial score (nSPS) is 25.4. The molecule has 0 aromatic rings. The third-order valence-corrected chi connectivity index (χ3v) is 2.58. The molecular weight excluding hydrogens is 122 g/mol. The van der Waals surface area contributed by atoms with E-state index in [2.05, 4.69) is 11.0 Å². The predicted octanol–water partition coefficient (Wildman–Crippen LogP) is 1.80. The first-order valence-electron chi connectivity index (χ1n) is 4.35. The Morgan fingerprint density at radius 2 is 2.00 bits per heavy atom. The molecule has 1 heterocycles. The van der Waals surface area contributed by atoms with Crippen LogP contribution >= 0.6 is 0 Å². The molecule has 0 N–H and O–H groups in total. The molecule has 56 valence electrons. The van der Waals surface area contributed by atoms with E-state index in [4.69, 9.17) is 0 Å². The van der Waals surface area contributed by atoms with Gasteiger partial charge in [-0.25, -0.2) is 0 Å². The number of likely N-dealkylation sites (tertiary alicyclic amines) is 1. The predicted molar refractivity (Wildman–Crippen MR) is 43.0 cm³/mol. The van der Waals surface area contributed by atoms with E-state index in [0.717, 1.165) is 0 Å². The zero-order valence-electron chi connectivity index (χ0n) is 6.47. The molecule has 0 unspecified atom stereocenters. The van der Waals surface area contributed by atoms with Gasteiger partial charge in [-0.3, -0.25) is 4.90 Å². The van der Waals surface area contributed by atoms with Crippen molar-refractivity contribution in [1.82, 2.24) is 4.90 Å². The number of allylic oxidation sites excluding steroid dienone is 1. The highest BCUT2D eigenvalue weighted by molar-refractivity contribution is 5.10. The van der Waals surface area contributed by atoms with Crippen molar-refractivity contribution in [1.29, 1.82) is 0 Å². The van der Waals surface area contributed by atoms with Crippen LogP contribution in [0.5, 0.6) is 0 Å². The standard InChI is InChI=1S/C9H15N/c1-3-9(4-1)5-8-10-6-2-7-10/h5H,1-4,6-8H2. The molecule has 0 radical (unpaired) electrons. The van der Waals surface area contributed by atoms with Gasteiger partial charge in [-0.05, 0) is 38.8 Å². The molecule has 1 nitrogen and oxygen atoms in total. The van der Waals surface area contributed by atoms with Crippen molar-refractivity contribution < 1.29 is 0 Å². The first-order chi connectivity index (χ1) is 4.95. The lowest BCUT2D eigenvalue weighted by Crippen LogP contribution is -2.37. The largest absolute Gasteiger partial charge is 0.300 e. The van der Waals surface area contributed by atoms with E-state index >= 15 is 0 Å². The second-order valence-electron chi connectivity index (χ2n) is 3.37. The van der Waals surface area contributed by atoms with E-state index in [1.165, 1.54) is 45.3 Å². The van der Waals surface area contributed by atoms with Crippen molar-refractivity contribution in [3.63, 3.8) is 0 Å². The van der Waals surface area contributed by atoms with Gasteiger partial charge in [-0.15, -0.1) is 0 Å². The molecule has 0 bridgehead atoms. The fraction of sp³-hybridized carbons (Fsp3) is 0.778. The third-order valence-electron chi connectivity index (χ3n) is 2.58. The van der Waals surface area contributed by atoms with E-state index in [0.29, 0.717) is 0 Å². The van der Waals surface area contributed by atoms with Crippen LogP contribution in [0.15, 0.2) is 11.6 Å². The molecule has 0 amide bonds. The average molecular weight is 137 g/mol. The fourth-order valence-electron chi connectivity index (χ4n) is 1.41. The van der Waals surface area contributed by atoms with Crippen molar-refractivity contribution >= 4 is 0 Å². The van der Waals surface area contributed by atoms with Crippen molar-refractivity contribution in [2.75, 3.05) is 19.6 Å². The summed E-state index contributed by atoms with van der Waals surface area (Å²) in [5, 5.41) is 0. The Labute approximate surface area is 62.7 Å². The van der Waals surface area contributed by atoms with Crippen molar-refractivity contribution in [2.45, 2.75) is 25.7 Å². The summed E-state index contributed by atoms with van der Waals surface area (Å²) >= 11 is 0. The second-order valence-corrected chi connectivity index (χ2v) is 3.37. The van der Waals surface area contributed by atoms with E-state index in [1.54, 1.807) is 5.57 Å². The lowest BCUT2D eigenvalue weighted by Gasteiger charge is -2.30. The van der Waals surface area contributed by atoms with Gasteiger partial charge in [0.05, 0.1) is 0 Å². The zero-order chi connectivity index (χ0) is 6.81. The molecule has 10 heavy (non-hydrogen) atoms. The summed E-state index contributed by atoms with van der Waals surface area (Å²) in [6.07, 6.45) is 8.05. The fourth-order valence-corrected chi connectivity index (χ4v) is 1.41. The van der Waals surface area contributed by atoms with Gasteiger partial charge in [-0.2, -0.15) is 0 Å². The third kappa shape index (κ3) is 1.24. The highest BCUT2D eigenvalue weighted by atomic mass is 15.2. The number of hydrogen-bond donors (Lipinski definition) is 0. The average Bonchev–Trinajstić information content (AvgIpc) is 1.70. The maximum atomic E-state index is 2.51. The quantitative estimate of drug-likeness (QED) is 0.525. The molecular formula is C9H15N. The number of hydrogen-bond acceptors (Lipinski definition) is 1. The minimum atomic E-state index is 1.23. The molecule has 1 saturated heterocycles. The maximum Gasteiger partial charge on any atom is 0.0165 e. The van der Waals surface area contributed by atoms with Crippen LogP contribution < -0.4 is 0 Å². The lowest BCUT2D eigenvalue weighted by molar-refractivity contribution is 0.202. The van der Waals surface area contributed by atoms with Gasteiger partial charge in [0.2, 0.25) is 0 Å². The highest BCUT2D eigenvalue weighted by Gasteiger charge is 2.13. The summed E-state index contributed by atoms with van der Waals surface area (Å²) in [5.74, 6) is 0. The van der Waals surface area contributed by atoms with Gasteiger partial charge in [0.1, 0.15) is 0 Å². The summed E-state index contributed by atoms with van der Waals surface area (Å²) in [6, 6.07) is 0. The van der Waals surface area contributed by atoms with Gasteiger partial charge < -0.3 is 0 Å². The van der Waals surface area contributed by atoms with Gasteiger partial charge in [0.25, 0.3) is 0 Å². The lowest BCUT2D eigenvalue weighted by atomic mass is 9.92. The Kier molecular flexibility index (Phi) is 1.76. The maximum absolute atomic E-state index is 2.51. The topological polar surface area (TPSA) is 3.24 Å². The Balaban J connectivity index is 1.69. The number of nitrogens with zero attached hydrogens (tertiary/aromatic N) is 1. The van der Waals surface area contributed by atoms with Gasteiger partial charge in [0.15, 0.2) is 0 Å². The Hall–Kier alpha value is -0.300. The summed E-state index contributed by atoms with van der Waals surface area (Å²) in [7, 11) is 0. The molecule has 1 aliphatic carbocycles. The SMILES string of the molecule is C(CN1CCC1)=C1CCC1. The van der Waals surface area contributed by atoms with Crippen LogP contribution in [0.25, 0.3) is 0 Å². The van der Waals surface area contributed by atoms with Crippen LogP contribution in [0.1, 0.15) is 25.7 Å². The Morgan fingerprint density at radius 1 is 1.20 bits per heavy atom. The van der Waals surface area contributed by atoms with Gasteiger partial charge in [-0.1, -0.05) is 11.6 Å². The molecule has 2 rings (SSSR count). The minimum Gasteiger partial charge on any atom is -0.300 e. The Morgan fingerprint density at radius 3 is 2.40 bits per heavy atom. The van der Waals surface area contributed by atoms with Crippen molar-refractivity contribution in [3.8, 4) is 0 Å². The molecule has 1 aliphatic heterocycles. The van der Waals surface area contributed by atoms with E-state index in [1.807, 2.05) is 0 Å². The smallest absolute Gasteiger partial charge is 0.0165 e. The molecule has 1 heteroatoms. The van der Waals surface area contributed by atoms with Gasteiger partial charge in [0, 0.05) is 6.54 Å². The monoisotopic (exact) mass is 137 g/mol. The molecule has 1 saturated carbocycles. The summed E-state index contributed by atoms with van der Waals surface area (Å²) in [6.45, 7) is 3.91. The summed E-state index contributed by atoms with van der Waals surface area (Å²) in [4.78, 5) is 2.51. The second kappa shape index (κ2) is 2.75. The van der Waals surface area contributed by atoms with Crippen LogP contribution in [0.2, 0.25) is 0 Å². The molecule has 2 fully saturated rings. The summed E-state index contributed by atoms with van der Waals surface area (Å²) in [5.41, 5.74) is 1.70. The summed E-state index contributed by atoms with van der Waals surface area (Å²) < 4.78 is 0. The highest BCUT2D eigenvalue weighted by Crippen LogP contribution is 2.25.